The Labute approximate surface area is 209 Å². The van der Waals surface area contributed by atoms with Gasteiger partial charge in [0.25, 0.3) is 5.89 Å². The fourth-order valence-corrected chi connectivity index (χ4v) is 4.45. The molecule has 1 aromatic heterocycles. The molecule has 4 rings (SSSR count). The van der Waals surface area contributed by atoms with Crippen molar-refractivity contribution in [2.75, 3.05) is 20.8 Å². The minimum Gasteiger partial charge on any atom is -0.493 e. The number of methoxy groups -OCH3 is 2. The highest BCUT2D eigenvalue weighted by molar-refractivity contribution is 7.80. The molecule has 1 unspecified atom stereocenters. The van der Waals surface area contributed by atoms with Crippen molar-refractivity contribution in [1.29, 1.82) is 0 Å². The van der Waals surface area contributed by atoms with Crippen molar-refractivity contribution in [1.82, 2.24) is 20.4 Å². The number of benzene rings is 2. The lowest BCUT2D eigenvalue weighted by atomic mass is 9.94. The van der Waals surface area contributed by atoms with Gasteiger partial charge in [0.1, 0.15) is 0 Å². The molecule has 34 heavy (non-hydrogen) atoms. The minimum absolute atomic E-state index is 0.249. The van der Waals surface area contributed by atoms with Crippen LogP contribution in [0.25, 0.3) is 17.0 Å². The summed E-state index contributed by atoms with van der Waals surface area (Å²) >= 11 is 11.9. The number of ether oxygens (including phenoxy) is 2. The molecule has 7 nitrogen and oxygen atoms in total. The van der Waals surface area contributed by atoms with Crippen molar-refractivity contribution >= 4 is 34.5 Å². The highest BCUT2D eigenvalue weighted by atomic mass is 35.5. The SMILES string of the molecule is CCCCN1C(=S)NC(c2ccc(Cl)cc2)C(c2nc(-c3ccc(OC)c(OC)c3)no2)=C1C. The predicted molar refractivity (Wildman–Crippen MR) is 137 cm³/mol. The summed E-state index contributed by atoms with van der Waals surface area (Å²) in [5.74, 6) is 2.11. The average Bonchev–Trinajstić information content (AvgIpc) is 3.33. The van der Waals surface area contributed by atoms with Gasteiger partial charge in [0.05, 0.1) is 25.8 Å². The lowest BCUT2D eigenvalue weighted by molar-refractivity contribution is 0.355. The summed E-state index contributed by atoms with van der Waals surface area (Å²) in [4.78, 5) is 6.85. The fraction of sp³-hybridized carbons (Fsp3) is 0.320. The monoisotopic (exact) mass is 498 g/mol. The molecule has 0 radical (unpaired) electrons. The molecule has 0 saturated heterocycles. The van der Waals surface area contributed by atoms with Gasteiger partial charge < -0.3 is 24.2 Å². The van der Waals surface area contributed by atoms with Gasteiger partial charge in [-0.05, 0) is 61.5 Å². The van der Waals surface area contributed by atoms with Crippen LogP contribution in [0.5, 0.6) is 11.5 Å². The van der Waals surface area contributed by atoms with Crippen molar-refractivity contribution in [2.45, 2.75) is 32.7 Å². The molecule has 1 atom stereocenters. The van der Waals surface area contributed by atoms with Crippen LogP contribution >= 0.6 is 23.8 Å². The first kappa shape index (κ1) is 24.0. The highest BCUT2D eigenvalue weighted by Gasteiger charge is 2.33. The van der Waals surface area contributed by atoms with E-state index >= 15 is 0 Å². The molecule has 2 heterocycles. The average molecular weight is 499 g/mol. The van der Waals surface area contributed by atoms with E-state index in [0.29, 0.717) is 33.3 Å². The molecule has 0 bridgehead atoms. The fourth-order valence-electron chi connectivity index (χ4n) is 3.97. The maximum absolute atomic E-state index is 6.13. The molecule has 1 N–H and O–H groups in total. The van der Waals surface area contributed by atoms with E-state index < -0.39 is 0 Å². The molecule has 0 fully saturated rings. The van der Waals surface area contributed by atoms with Crippen LogP contribution in [0.15, 0.2) is 52.7 Å². The molecule has 0 amide bonds. The van der Waals surface area contributed by atoms with E-state index in [-0.39, 0.29) is 6.04 Å². The van der Waals surface area contributed by atoms with Gasteiger partial charge in [-0.1, -0.05) is 42.2 Å². The minimum atomic E-state index is -0.249. The molecule has 2 aromatic carbocycles. The quantitative estimate of drug-likeness (QED) is 0.386. The van der Waals surface area contributed by atoms with E-state index in [4.69, 9.17) is 42.8 Å². The topological polar surface area (TPSA) is 72.7 Å². The summed E-state index contributed by atoms with van der Waals surface area (Å²) in [7, 11) is 3.19. The first-order valence-electron chi connectivity index (χ1n) is 11.1. The second-order valence-electron chi connectivity index (χ2n) is 7.93. The number of nitrogens with one attached hydrogen (secondary N) is 1. The van der Waals surface area contributed by atoms with Gasteiger partial charge >= 0.3 is 0 Å². The summed E-state index contributed by atoms with van der Waals surface area (Å²) in [6, 6.07) is 12.9. The summed E-state index contributed by atoms with van der Waals surface area (Å²) in [5.41, 5.74) is 3.63. The van der Waals surface area contributed by atoms with Crippen LogP contribution in [0.4, 0.5) is 0 Å². The van der Waals surface area contributed by atoms with Gasteiger partial charge in [-0.15, -0.1) is 0 Å². The van der Waals surface area contributed by atoms with Crippen LogP contribution in [0.2, 0.25) is 5.02 Å². The van der Waals surface area contributed by atoms with Gasteiger partial charge in [-0.25, -0.2) is 0 Å². The van der Waals surface area contributed by atoms with Crippen LogP contribution in [-0.2, 0) is 0 Å². The van der Waals surface area contributed by atoms with E-state index in [9.17, 15) is 0 Å². The van der Waals surface area contributed by atoms with Gasteiger partial charge in [-0.2, -0.15) is 4.98 Å². The van der Waals surface area contributed by atoms with Crippen molar-refractivity contribution in [2.24, 2.45) is 0 Å². The molecule has 9 heteroatoms. The Hall–Kier alpha value is -3.10. The van der Waals surface area contributed by atoms with Crippen LogP contribution in [0.3, 0.4) is 0 Å². The summed E-state index contributed by atoms with van der Waals surface area (Å²) in [6.07, 6.45) is 2.07. The smallest absolute Gasteiger partial charge is 0.258 e. The lowest BCUT2D eigenvalue weighted by Gasteiger charge is -2.37. The van der Waals surface area contributed by atoms with Gasteiger partial charge in [0.15, 0.2) is 16.6 Å². The van der Waals surface area contributed by atoms with Crippen molar-refractivity contribution in [3.63, 3.8) is 0 Å². The lowest BCUT2D eigenvalue weighted by Crippen LogP contribution is -2.46. The standard InChI is InChI=1S/C25H27ClN4O3S/c1-5-6-13-30-15(2)21(22(27-25(30)34)16-7-10-18(26)11-8-16)24-28-23(29-33-24)17-9-12-19(31-3)20(14-17)32-4/h7-12,14,22H,5-6,13H2,1-4H3,(H,27,34). The van der Waals surface area contributed by atoms with Crippen molar-refractivity contribution < 1.29 is 14.0 Å². The number of hydrogen-bond acceptors (Lipinski definition) is 6. The molecular formula is C25H27ClN4O3S. The number of nitrogens with zero attached hydrogens (tertiary/aromatic N) is 3. The largest absolute Gasteiger partial charge is 0.493 e. The third-order valence-corrected chi connectivity index (χ3v) is 6.42. The van der Waals surface area contributed by atoms with Gasteiger partial charge in [0, 0.05) is 22.8 Å². The molecule has 0 aliphatic carbocycles. The zero-order valence-electron chi connectivity index (χ0n) is 19.6. The van der Waals surface area contributed by atoms with E-state index in [1.54, 1.807) is 14.2 Å². The zero-order chi connectivity index (χ0) is 24.2. The number of thiocarbonyl (C=S) groups is 1. The second kappa shape index (κ2) is 10.4. The van der Waals surface area contributed by atoms with Crippen molar-refractivity contribution in [3.05, 3.63) is 64.6 Å². The first-order chi connectivity index (χ1) is 16.5. The third-order valence-electron chi connectivity index (χ3n) is 5.83. The summed E-state index contributed by atoms with van der Waals surface area (Å²) < 4.78 is 16.6. The number of aromatic nitrogens is 2. The van der Waals surface area contributed by atoms with Crippen LogP contribution in [0, 0.1) is 0 Å². The Morgan fingerprint density at radius 1 is 1.12 bits per heavy atom. The molecular weight excluding hydrogens is 472 g/mol. The number of hydrogen-bond donors (Lipinski definition) is 1. The van der Waals surface area contributed by atoms with Gasteiger partial charge in [-0.3, -0.25) is 0 Å². The Morgan fingerprint density at radius 3 is 2.53 bits per heavy atom. The highest BCUT2D eigenvalue weighted by Crippen LogP contribution is 2.38. The van der Waals surface area contributed by atoms with E-state index in [0.717, 1.165) is 41.8 Å². The number of unbranched alkanes of at least 4 members (excludes halogenated alkanes) is 1. The maximum Gasteiger partial charge on any atom is 0.258 e. The molecule has 178 valence electrons. The van der Waals surface area contributed by atoms with E-state index in [1.165, 1.54) is 0 Å². The zero-order valence-corrected chi connectivity index (χ0v) is 21.2. The van der Waals surface area contributed by atoms with E-state index in [1.807, 2.05) is 49.4 Å². The predicted octanol–water partition coefficient (Wildman–Crippen LogP) is 5.87. The summed E-state index contributed by atoms with van der Waals surface area (Å²) in [5, 5.41) is 9.07. The van der Waals surface area contributed by atoms with Gasteiger partial charge in [0.2, 0.25) is 5.82 Å². The molecule has 1 aliphatic rings. The van der Waals surface area contributed by atoms with E-state index in [2.05, 4.69) is 22.3 Å². The van der Waals surface area contributed by atoms with Crippen LogP contribution in [0.1, 0.15) is 44.2 Å². The van der Waals surface area contributed by atoms with Crippen LogP contribution in [-0.4, -0.2) is 40.9 Å². The summed E-state index contributed by atoms with van der Waals surface area (Å²) in [6.45, 7) is 5.01. The van der Waals surface area contributed by atoms with Crippen molar-refractivity contribution in [3.8, 4) is 22.9 Å². The number of halogens is 1. The number of allylic oxidation sites excluding steroid dienone is 1. The Balaban J connectivity index is 1.78. The molecule has 0 spiro atoms. The Bertz CT molecular complexity index is 1210. The molecule has 3 aromatic rings. The Kier molecular flexibility index (Phi) is 7.38. The normalized spacial score (nSPS) is 16.0. The first-order valence-corrected chi connectivity index (χ1v) is 11.9. The molecule has 1 aliphatic heterocycles. The molecule has 0 saturated carbocycles. The van der Waals surface area contributed by atoms with Crippen LogP contribution < -0.4 is 14.8 Å². The number of rotatable bonds is 8. The maximum atomic E-state index is 6.13. The second-order valence-corrected chi connectivity index (χ2v) is 8.75. The Morgan fingerprint density at radius 2 is 1.85 bits per heavy atom. The third kappa shape index (κ3) is 4.74.